The van der Waals surface area contributed by atoms with Crippen LogP contribution < -0.4 is 15.2 Å². The Bertz CT molecular complexity index is 586. The smallest absolute Gasteiger partial charge is 0.264 e. The maximum absolute atomic E-state index is 5.71. The molecule has 0 saturated heterocycles. The highest BCUT2D eigenvalue weighted by molar-refractivity contribution is 9.10. The third-order valence-electron chi connectivity index (χ3n) is 2.51. The van der Waals surface area contributed by atoms with Crippen molar-refractivity contribution in [3.8, 4) is 11.5 Å². The summed E-state index contributed by atoms with van der Waals surface area (Å²) in [6.07, 6.45) is 0. The molecule has 0 saturated carbocycles. The van der Waals surface area contributed by atoms with Crippen LogP contribution in [-0.2, 0) is 13.2 Å². The monoisotopic (exact) mass is 341 g/mol. The summed E-state index contributed by atoms with van der Waals surface area (Å²) in [5.41, 5.74) is 6.61. The average Bonchev–Trinajstić information content (AvgIpc) is 2.83. The van der Waals surface area contributed by atoms with Gasteiger partial charge in [-0.2, -0.15) is 4.98 Å². The molecule has 0 aliphatic carbocycles. The number of aryl methyl sites for hydroxylation is 1. The second-order valence-corrected chi connectivity index (χ2v) is 4.92. The number of nitrogens with zero attached hydrogens (tertiary/aromatic N) is 2. The van der Waals surface area contributed by atoms with Crippen molar-refractivity contribution in [3.63, 3.8) is 0 Å². The summed E-state index contributed by atoms with van der Waals surface area (Å²) in [4.78, 5) is 4.09. The summed E-state index contributed by atoms with van der Waals surface area (Å²) in [7, 11) is 0. The Balaban J connectivity index is 2.20. The van der Waals surface area contributed by atoms with Crippen molar-refractivity contribution in [3.05, 3.63) is 33.9 Å². The van der Waals surface area contributed by atoms with E-state index in [1.165, 1.54) is 0 Å². The zero-order valence-corrected chi connectivity index (χ0v) is 12.9. The van der Waals surface area contributed by atoms with E-state index in [9.17, 15) is 0 Å². The van der Waals surface area contributed by atoms with Gasteiger partial charge in [0.2, 0.25) is 0 Å². The van der Waals surface area contributed by atoms with Gasteiger partial charge < -0.3 is 19.7 Å². The lowest BCUT2D eigenvalue weighted by molar-refractivity contribution is 0.226. The number of benzene rings is 1. The lowest BCUT2D eigenvalue weighted by Crippen LogP contribution is -2.03. The Morgan fingerprint density at radius 1 is 1.35 bits per heavy atom. The first-order valence-electron chi connectivity index (χ1n) is 6.21. The van der Waals surface area contributed by atoms with E-state index in [-0.39, 0.29) is 6.61 Å². The fraction of sp³-hybridized carbons (Fsp3) is 0.385. The van der Waals surface area contributed by atoms with E-state index in [0.29, 0.717) is 36.4 Å². The maximum atomic E-state index is 5.71. The molecule has 2 N–H and O–H groups in total. The second-order valence-electron chi connectivity index (χ2n) is 4.07. The number of hydrogen-bond acceptors (Lipinski definition) is 6. The summed E-state index contributed by atoms with van der Waals surface area (Å²) >= 11 is 3.46. The standard InChI is InChI=1S/C13H16BrN3O3/c1-3-18-11-5-9(6-15)4-10(14)13(11)19-7-12-16-8(2)17-20-12/h4-5H,3,6-7,15H2,1-2H3. The van der Waals surface area contributed by atoms with Crippen LogP contribution in [0.25, 0.3) is 0 Å². The molecule has 1 aromatic carbocycles. The third-order valence-corrected chi connectivity index (χ3v) is 3.10. The minimum atomic E-state index is 0.182. The molecule has 2 aromatic rings. The molecule has 0 fully saturated rings. The van der Waals surface area contributed by atoms with Gasteiger partial charge in [0.15, 0.2) is 23.9 Å². The van der Waals surface area contributed by atoms with Gasteiger partial charge in [-0.3, -0.25) is 0 Å². The van der Waals surface area contributed by atoms with Crippen molar-refractivity contribution in [2.45, 2.75) is 27.0 Å². The number of rotatable bonds is 6. The van der Waals surface area contributed by atoms with Crippen LogP contribution in [0.3, 0.4) is 0 Å². The minimum absolute atomic E-state index is 0.182. The molecular weight excluding hydrogens is 326 g/mol. The predicted octanol–water partition coefficient (Wildman–Crippen LogP) is 2.58. The van der Waals surface area contributed by atoms with E-state index in [4.69, 9.17) is 19.7 Å². The Morgan fingerprint density at radius 2 is 2.15 bits per heavy atom. The Morgan fingerprint density at radius 3 is 2.75 bits per heavy atom. The number of aromatic nitrogens is 2. The normalized spacial score (nSPS) is 10.6. The Labute approximate surface area is 125 Å². The van der Waals surface area contributed by atoms with Gasteiger partial charge in [0.1, 0.15) is 0 Å². The fourth-order valence-corrected chi connectivity index (χ4v) is 2.28. The van der Waals surface area contributed by atoms with Crippen LogP contribution in [0.2, 0.25) is 0 Å². The van der Waals surface area contributed by atoms with Gasteiger partial charge in [-0.15, -0.1) is 0 Å². The molecule has 20 heavy (non-hydrogen) atoms. The highest BCUT2D eigenvalue weighted by Gasteiger charge is 2.13. The van der Waals surface area contributed by atoms with Crippen molar-refractivity contribution < 1.29 is 14.0 Å². The molecule has 1 aromatic heterocycles. The molecule has 0 spiro atoms. The zero-order chi connectivity index (χ0) is 14.5. The molecule has 0 aliphatic rings. The van der Waals surface area contributed by atoms with Gasteiger partial charge in [-0.1, -0.05) is 5.16 Å². The topological polar surface area (TPSA) is 83.4 Å². The largest absolute Gasteiger partial charge is 0.490 e. The maximum Gasteiger partial charge on any atom is 0.264 e. The second kappa shape index (κ2) is 6.71. The zero-order valence-electron chi connectivity index (χ0n) is 11.4. The first-order valence-corrected chi connectivity index (χ1v) is 7.00. The quantitative estimate of drug-likeness (QED) is 0.869. The van der Waals surface area contributed by atoms with E-state index >= 15 is 0 Å². The van der Waals surface area contributed by atoms with Crippen LogP contribution in [0.15, 0.2) is 21.1 Å². The molecule has 0 amide bonds. The van der Waals surface area contributed by atoms with Crippen LogP contribution in [0, 0.1) is 6.92 Å². The molecule has 7 heteroatoms. The van der Waals surface area contributed by atoms with Crippen LogP contribution >= 0.6 is 15.9 Å². The van der Waals surface area contributed by atoms with Crippen LogP contribution in [0.4, 0.5) is 0 Å². The third kappa shape index (κ3) is 3.49. The number of halogens is 1. The van der Waals surface area contributed by atoms with Gasteiger partial charge >= 0.3 is 0 Å². The van der Waals surface area contributed by atoms with Crippen LogP contribution in [0.5, 0.6) is 11.5 Å². The Hall–Kier alpha value is -1.60. The van der Waals surface area contributed by atoms with Crippen LogP contribution in [0.1, 0.15) is 24.2 Å². The van der Waals surface area contributed by atoms with Crippen molar-refractivity contribution in [1.29, 1.82) is 0 Å². The molecular formula is C13H16BrN3O3. The van der Waals surface area contributed by atoms with E-state index in [0.717, 1.165) is 10.0 Å². The fourth-order valence-electron chi connectivity index (χ4n) is 1.67. The van der Waals surface area contributed by atoms with Gasteiger partial charge in [-0.05, 0) is 47.5 Å². The molecule has 1 heterocycles. The highest BCUT2D eigenvalue weighted by atomic mass is 79.9. The predicted molar refractivity (Wildman–Crippen MR) is 76.6 cm³/mol. The molecule has 0 aliphatic heterocycles. The molecule has 0 unspecified atom stereocenters. The summed E-state index contributed by atoms with van der Waals surface area (Å²) in [6.45, 7) is 4.82. The van der Waals surface area contributed by atoms with Crippen molar-refractivity contribution in [1.82, 2.24) is 10.1 Å². The molecule has 0 bridgehead atoms. The number of hydrogen-bond donors (Lipinski definition) is 1. The highest BCUT2D eigenvalue weighted by Crippen LogP contribution is 2.37. The minimum Gasteiger partial charge on any atom is -0.490 e. The summed E-state index contributed by atoms with van der Waals surface area (Å²) in [5, 5.41) is 3.71. The lowest BCUT2D eigenvalue weighted by atomic mass is 10.2. The SMILES string of the molecule is CCOc1cc(CN)cc(Br)c1OCc1nc(C)no1. The van der Waals surface area contributed by atoms with Crippen molar-refractivity contribution >= 4 is 15.9 Å². The van der Waals surface area contributed by atoms with Crippen molar-refractivity contribution in [2.75, 3.05) is 6.61 Å². The Kier molecular flexibility index (Phi) is 4.97. The van der Waals surface area contributed by atoms with E-state index in [1.807, 2.05) is 19.1 Å². The number of nitrogens with two attached hydrogens (primary N) is 1. The molecule has 0 radical (unpaired) electrons. The summed E-state index contributed by atoms with van der Waals surface area (Å²) in [6, 6.07) is 3.76. The number of ether oxygens (including phenoxy) is 2. The van der Waals surface area contributed by atoms with Gasteiger partial charge in [0, 0.05) is 6.54 Å². The summed E-state index contributed by atoms with van der Waals surface area (Å²) in [5.74, 6) is 2.23. The van der Waals surface area contributed by atoms with Gasteiger partial charge in [-0.25, -0.2) is 0 Å². The first-order chi connectivity index (χ1) is 9.63. The summed E-state index contributed by atoms with van der Waals surface area (Å²) < 4.78 is 17.1. The molecule has 0 atom stereocenters. The van der Waals surface area contributed by atoms with E-state index in [1.54, 1.807) is 6.92 Å². The van der Waals surface area contributed by atoms with Crippen LogP contribution in [-0.4, -0.2) is 16.7 Å². The average molecular weight is 342 g/mol. The van der Waals surface area contributed by atoms with E-state index in [2.05, 4.69) is 26.1 Å². The van der Waals surface area contributed by atoms with Crippen molar-refractivity contribution in [2.24, 2.45) is 5.73 Å². The molecule has 108 valence electrons. The van der Waals surface area contributed by atoms with Gasteiger partial charge in [0.25, 0.3) is 5.89 Å². The first kappa shape index (κ1) is 14.8. The van der Waals surface area contributed by atoms with E-state index < -0.39 is 0 Å². The molecule has 6 nitrogen and oxygen atoms in total. The lowest BCUT2D eigenvalue weighted by Gasteiger charge is -2.14. The molecule has 2 rings (SSSR count). The van der Waals surface area contributed by atoms with Gasteiger partial charge in [0.05, 0.1) is 11.1 Å².